The maximum Gasteiger partial charge on any atom is 0.0926 e. The molecule has 2 rings (SSSR count). The van der Waals surface area contributed by atoms with E-state index in [9.17, 15) is 0 Å². The SMILES string of the molecule is CCc1nc(CNC(CC)c2ccccc2)cs1. The third-order valence-electron chi connectivity index (χ3n) is 3.04. The van der Waals surface area contributed by atoms with E-state index in [0.717, 1.165) is 25.1 Å². The van der Waals surface area contributed by atoms with Gasteiger partial charge in [0.1, 0.15) is 0 Å². The zero-order valence-corrected chi connectivity index (χ0v) is 11.8. The Morgan fingerprint density at radius 1 is 1.22 bits per heavy atom. The number of nitrogens with one attached hydrogen (secondary N) is 1. The highest BCUT2D eigenvalue weighted by molar-refractivity contribution is 7.09. The first kappa shape index (κ1) is 13.2. The van der Waals surface area contributed by atoms with Crippen LogP contribution >= 0.6 is 11.3 Å². The molecular weight excluding hydrogens is 240 g/mol. The molecule has 0 saturated carbocycles. The van der Waals surface area contributed by atoms with Gasteiger partial charge in [-0.25, -0.2) is 4.98 Å². The van der Waals surface area contributed by atoms with E-state index >= 15 is 0 Å². The number of aryl methyl sites for hydroxylation is 1. The summed E-state index contributed by atoms with van der Waals surface area (Å²) in [7, 11) is 0. The lowest BCUT2D eigenvalue weighted by Crippen LogP contribution is -2.20. The molecule has 0 amide bonds. The second kappa shape index (κ2) is 6.66. The van der Waals surface area contributed by atoms with Crippen LogP contribution in [0.3, 0.4) is 0 Å². The van der Waals surface area contributed by atoms with E-state index in [-0.39, 0.29) is 0 Å². The maximum absolute atomic E-state index is 4.58. The molecule has 1 atom stereocenters. The number of benzene rings is 1. The molecule has 3 heteroatoms. The lowest BCUT2D eigenvalue weighted by Gasteiger charge is -2.16. The van der Waals surface area contributed by atoms with Crippen LogP contribution in [0.1, 0.15) is 42.6 Å². The van der Waals surface area contributed by atoms with Crippen molar-refractivity contribution in [2.45, 2.75) is 39.3 Å². The highest BCUT2D eigenvalue weighted by Gasteiger charge is 2.08. The number of hydrogen-bond acceptors (Lipinski definition) is 3. The molecule has 96 valence electrons. The molecular formula is C15H20N2S. The second-order valence-corrected chi connectivity index (χ2v) is 5.28. The highest BCUT2D eigenvalue weighted by Crippen LogP contribution is 2.17. The third kappa shape index (κ3) is 3.40. The van der Waals surface area contributed by atoms with Gasteiger partial charge in [-0.2, -0.15) is 0 Å². The van der Waals surface area contributed by atoms with Crippen molar-refractivity contribution in [3.63, 3.8) is 0 Å². The second-order valence-electron chi connectivity index (χ2n) is 4.34. The molecule has 0 bridgehead atoms. The fraction of sp³-hybridized carbons (Fsp3) is 0.400. The Kier molecular flexibility index (Phi) is 4.90. The van der Waals surface area contributed by atoms with Gasteiger partial charge in [-0.3, -0.25) is 0 Å². The van der Waals surface area contributed by atoms with Crippen molar-refractivity contribution < 1.29 is 0 Å². The van der Waals surface area contributed by atoms with Gasteiger partial charge in [0.2, 0.25) is 0 Å². The minimum Gasteiger partial charge on any atom is -0.304 e. The van der Waals surface area contributed by atoms with Crippen LogP contribution < -0.4 is 5.32 Å². The molecule has 0 spiro atoms. The summed E-state index contributed by atoms with van der Waals surface area (Å²) >= 11 is 1.75. The average Bonchev–Trinajstić information content (AvgIpc) is 2.89. The minimum absolute atomic E-state index is 0.415. The van der Waals surface area contributed by atoms with E-state index in [1.807, 2.05) is 0 Å². The summed E-state index contributed by atoms with van der Waals surface area (Å²) in [4.78, 5) is 4.58. The lowest BCUT2D eigenvalue weighted by atomic mass is 10.0. The first-order valence-electron chi connectivity index (χ1n) is 6.55. The quantitative estimate of drug-likeness (QED) is 0.850. The van der Waals surface area contributed by atoms with Gasteiger partial charge in [-0.1, -0.05) is 44.2 Å². The van der Waals surface area contributed by atoms with Crippen molar-refractivity contribution in [1.29, 1.82) is 0 Å². The van der Waals surface area contributed by atoms with Crippen LogP contribution in [0.25, 0.3) is 0 Å². The van der Waals surface area contributed by atoms with E-state index in [4.69, 9.17) is 0 Å². The van der Waals surface area contributed by atoms with E-state index < -0.39 is 0 Å². The molecule has 0 fully saturated rings. The van der Waals surface area contributed by atoms with Gasteiger partial charge in [-0.05, 0) is 18.4 Å². The van der Waals surface area contributed by atoms with Crippen molar-refractivity contribution in [2.24, 2.45) is 0 Å². The van der Waals surface area contributed by atoms with Gasteiger partial charge >= 0.3 is 0 Å². The maximum atomic E-state index is 4.58. The summed E-state index contributed by atoms with van der Waals surface area (Å²) in [6, 6.07) is 11.0. The van der Waals surface area contributed by atoms with E-state index in [1.54, 1.807) is 11.3 Å². The molecule has 0 aliphatic heterocycles. The van der Waals surface area contributed by atoms with Gasteiger partial charge < -0.3 is 5.32 Å². The topological polar surface area (TPSA) is 24.9 Å². The zero-order valence-electron chi connectivity index (χ0n) is 11.0. The van der Waals surface area contributed by atoms with Crippen molar-refractivity contribution >= 4 is 11.3 Å². The van der Waals surface area contributed by atoms with Gasteiger partial charge in [0, 0.05) is 18.0 Å². The van der Waals surface area contributed by atoms with Crippen LogP contribution in [0.4, 0.5) is 0 Å². The zero-order chi connectivity index (χ0) is 12.8. The predicted molar refractivity (Wildman–Crippen MR) is 77.8 cm³/mol. The molecule has 1 N–H and O–H groups in total. The van der Waals surface area contributed by atoms with Crippen LogP contribution in [0.2, 0.25) is 0 Å². The van der Waals surface area contributed by atoms with E-state index in [2.05, 4.69) is 59.9 Å². The molecule has 0 aliphatic carbocycles. The summed E-state index contributed by atoms with van der Waals surface area (Å²) in [5, 5.41) is 6.96. The fourth-order valence-corrected chi connectivity index (χ4v) is 2.75. The fourth-order valence-electron chi connectivity index (χ4n) is 2.00. The van der Waals surface area contributed by atoms with Crippen LogP contribution in [0.5, 0.6) is 0 Å². The summed E-state index contributed by atoms with van der Waals surface area (Å²) in [6.07, 6.45) is 2.12. The van der Waals surface area contributed by atoms with E-state index in [1.165, 1.54) is 10.6 Å². The Morgan fingerprint density at radius 2 is 2.00 bits per heavy atom. The smallest absolute Gasteiger partial charge is 0.0926 e. The van der Waals surface area contributed by atoms with Crippen LogP contribution in [0, 0.1) is 0 Å². The number of nitrogens with zero attached hydrogens (tertiary/aromatic N) is 1. The summed E-state index contributed by atoms with van der Waals surface area (Å²) < 4.78 is 0. The summed E-state index contributed by atoms with van der Waals surface area (Å²) in [5.74, 6) is 0. The molecule has 1 heterocycles. The molecule has 1 unspecified atom stereocenters. The molecule has 0 radical (unpaired) electrons. The number of rotatable bonds is 6. The first-order chi connectivity index (χ1) is 8.83. The Balaban J connectivity index is 1.95. The van der Waals surface area contributed by atoms with Gasteiger partial charge in [-0.15, -0.1) is 11.3 Å². The Labute approximate surface area is 113 Å². The molecule has 0 aliphatic rings. The van der Waals surface area contributed by atoms with Crippen LogP contribution in [-0.4, -0.2) is 4.98 Å². The van der Waals surface area contributed by atoms with Crippen LogP contribution in [0.15, 0.2) is 35.7 Å². The summed E-state index contributed by atoms with van der Waals surface area (Å²) in [5.41, 5.74) is 2.51. The molecule has 18 heavy (non-hydrogen) atoms. The largest absolute Gasteiger partial charge is 0.304 e. The third-order valence-corrected chi connectivity index (χ3v) is 4.08. The number of hydrogen-bond donors (Lipinski definition) is 1. The molecule has 0 saturated heterocycles. The predicted octanol–water partition coefficient (Wildman–Crippen LogP) is 3.95. The Morgan fingerprint density at radius 3 is 2.61 bits per heavy atom. The monoisotopic (exact) mass is 260 g/mol. The van der Waals surface area contributed by atoms with Gasteiger partial charge in [0.05, 0.1) is 10.7 Å². The van der Waals surface area contributed by atoms with Gasteiger partial charge in [0.25, 0.3) is 0 Å². The lowest BCUT2D eigenvalue weighted by molar-refractivity contribution is 0.515. The average molecular weight is 260 g/mol. The Bertz CT molecular complexity index is 464. The summed E-state index contributed by atoms with van der Waals surface area (Å²) in [6.45, 7) is 5.21. The molecule has 1 aromatic carbocycles. The highest BCUT2D eigenvalue weighted by atomic mass is 32.1. The first-order valence-corrected chi connectivity index (χ1v) is 7.43. The van der Waals surface area contributed by atoms with Crippen molar-refractivity contribution in [3.8, 4) is 0 Å². The van der Waals surface area contributed by atoms with Crippen molar-refractivity contribution in [2.75, 3.05) is 0 Å². The molecule has 2 nitrogen and oxygen atoms in total. The standard InChI is InChI=1S/C15H20N2S/c1-3-14(12-8-6-5-7-9-12)16-10-13-11-18-15(4-2)17-13/h5-9,11,14,16H,3-4,10H2,1-2H3. The minimum atomic E-state index is 0.415. The van der Waals surface area contributed by atoms with Gasteiger partial charge in [0.15, 0.2) is 0 Å². The normalized spacial score (nSPS) is 12.6. The van der Waals surface area contributed by atoms with E-state index in [0.29, 0.717) is 6.04 Å². The molecule has 1 aromatic heterocycles. The van der Waals surface area contributed by atoms with Crippen molar-refractivity contribution in [1.82, 2.24) is 10.3 Å². The van der Waals surface area contributed by atoms with Crippen molar-refractivity contribution in [3.05, 3.63) is 52.0 Å². The Hall–Kier alpha value is -1.19. The van der Waals surface area contributed by atoms with Crippen LogP contribution in [-0.2, 0) is 13.0 Å². The number of aromatic nitrogens is 1. The number of thiazole rings is 1. The molecule has 2 aromatic rings.